The van der Waals surface area contributed by atoms with Crippen molar-refractivity contribution in [3.05, 3.63) is 0 Å². The van der Waals surface area contributed by atoms with Crippen LogP contribution in [0.15, 0.2) is 0 Å². The van der Waals surface area contributed by atoms with Crippen LogP contribution < -0.4 is 5.32 Å². The van der Waals surface area contributed by atoms with Gasteiger partial charge in [0.2, 0.25) is 5.91 Å². The molecule has 2 bridgehead atoms. The second kappa shape index (κ2) is 3.06. The van der Waals surface area contributed by atoms with Crippen molar-refractivity contribution in [1.82, 2.24) is 5.32 Å². The van der Waals surface area contributed by atoms with Crippen molar-refractivity contribution in [1.29, 1.82) is 0 Å². The highest BCUT2D eigenvalue weighted by Crippen LogP contribution is 2.69. The molecule has 3 nitrogen and oxygen atoms in total. The maximum Gasteiger partial charge on any atom is 0.224 e. The largest absolute Gasteiger partial charge is 0.349 e. The summed E-state index contributed by atoms with van der Waals surface area (Å²) in [6.45, 7) is 1.72. The summed E-state index contributed by atoms with van der Waals surface area (Å²) in [5.41, 5.74) is 0. The van der Waals surface area contributed by atoms with E-state index in [1.54, 1.807) is 0 Å². The first-order valence-corrected chi connectivity index (χ1v) is 5.95. The molecule has 3 heteroatoms. The molecule has 3 fully saturated rings. The molecule has 0 aliphatic heterocycles. The van der Waals surface area contributed by atoms with E-state index in [0.717, 1.165) is 11.8 Å². The third kappa shape index (κ3) is 1.32. The molecular weight excluding hydrogens is 190 g/mol. The van der Waals surface area contributed by atoms with E-state index in [0.29, 0.717) is 11.8 Å². The van der Waals surface area contributed by atoms with Crippen LogP contribution in [-0.4, -0.2) is 18.2 Å². The number of ketones is 1. The van der Waals surface area contributed by atoms with Crippen molar-refractivity contribution in [3.63, 3.8) is 0 Å². The fourth-order valence-electron chi connectivity index (χ4n) is 4.01. The average Bonchev–Trinajstić information content (AvgIpc) is 2.64. The summed E-state index contributed by atoms with van der Waals surface area (Å²) in [6, 6.07) is 0. The van der Waals surface area contributed by atoms with Crippen molar-refractivity contribution in [2.45, 2.75) is 26.2 Å². The highest BCUT2D eigenvalue weighted by atomic mass is 16.2. The molecule has 0 aromatic carbocycles. The number of rotatable bonds is 3. The average molecular weight is 207 g/mol. The first-order chi connectivity index (χ1) is 7.18. The zero-order chi connectivity index (χ0) is 10.6. The minimum absolute atomic E-state index is 0.0390. The van der Waals surface area contributed by atoms with Gasteiger partial charge in [-0.1, -0.05) is 0 Å². The van der Waals surface area contributed by atoms with E-state index in [-0.39, 0.29) is 24.2 Å². The van der Waals surface area contributed by atoms with Gasteiger partial charge in [-0.05, 0) is 49.9 Å². The molecule has 82 valence electrons. The Morgan fingerprint density at radius 1 is 1.20 bits per heavy atom. The standard InChI is InChI=1S/C12H17NO2/c1-6(14)5-13-12(15)11-9-7-2-3-8(4-7)10(9)11/h7-11H,2-5H2,1H3,(H,13,15). The lowest BCUT2D eigenvalue weighted by molar-refractivity contribution is -0.126. The third-order valence-corrected chi connectivity index (χ3v) is 4.55. The van der Waals surface area contributed by atoms with Crippen molar-refractivity contribution in [2.24, 2.45) is 29.6 Å². The van der Waals surface area contributed by atoms with Gasteiger partial charge in [0, 0.05) is 5.92 Å². The van der Waals surface area contributed by atoms with E-state index >= 15 is 0 Å². The number of hydrogen-bond acceptors (Lipinski definition) is 2. The number of fused-ring (bicyclic) bond motifs is 5. The van der Waals surface area contributed by atoms with Crippen LogP contribution in [0.25, 0.3) is 0 Å². The monoisotopic (exact) mass is 207 g/mol. The van der Waals surface area contributed by atoms with Gasteiger partial charge in [-0.3, -0.25) is 9.59 Å². The summed E-state index contributed by atoms with van der Waals surface area (Å²) >= 11 is 0. The van der Waals surface area contributed by atoms with Crippen molar-refractivity contribution >= 4 is 11.7 Å². The van der Waals surface area contributed by atoms with E-state index in [4.69, 9.17) is 0 Å². The molecule has 15 heavy (non-hydrogen) atoms. The highest BCUT2D eigenvalue weighted by molar-refractivity contribution is 5.87. The third-order valence-electron chi connectivity index (χ3n) is 4.55. The maximum atomic E-state index is 11.8. The number of carbonyl (C=O) groups is 2. The van der Waals surface area contributed by atoms with E-state index in [1.165, 1.54) is 26.2 Å². The van der Waals surface area contributed by atoms with Crippen LogP contribution in [0.5, 0.6) is 0 Å². The number of hydrogen-bond donors (Lipinski definition) is 1. The summed E-state index contributed by atoms with van der Waals surface area (Å²) < 4.78 is 0. The molecule has 4 atom stereocenters. The lowest BCUT2D eigenvalue weighted by Gasteiger charge is -2.08. The normalized spacial score (nSPS) is 45.0. The molecule has 0 aromatic rings. The Labute approximate surface area is 89.6 Å². The van der Waals surface area contributed by atoms with E-state index < -0.39 is 0 Å². The van der Waals surface area contributed by atoms with Crippen LogP contribution in [0.2, 0.25) is 0 Å². The second-order valence-electron chi connectivity index (χ2n) is 5.43. The van der Waals surface area contributed by atoms with Crippen molar-refractivity contribution in [3.8, 4) is 0 Å². The van der Waals surface area contributed by atoms with E-state index in [1.807, 2.05) is 0 Å². The molecule has 3 rings (SSSR count). The topological polar surface area (TPSA) is 46.2 Å². The Balaban J connectivity index is 1.58. The smallest absolute Gasteiger partial charge is 0.224 e. The Hall–Kier alpha value is -0.860. The SMILES string of the molecule is CC(=O)CNC(=O)C1C2C3CCC(C3)C12. The van der Waals surface area contributed by atoms with Gasteiger partial charge < -0.3 is 5.32 Å². The van der Waals surface area contributed by atoms with Gasteiger partial charge in [0.15, 0.2) is 0 Å². The first-order valence-electron chi connectivity index (χ1n) is 5.95. The highest BCUT2D eigenvalue weighted by Gasteiger charge is 2.67. The zero-order valence-electron chi connectivity index (χ0n) is 9.03. The molecular formula is C12H17NO2. The predicted octanol–water partition coefficient (Wildman–Crippen LogP) is 0.984. The van der Waals surface area contributed by atoms with Crippen LogP contribution in [0.4, 0.5) is 0 Å². The van der Waals surface area contributed by atoms with Gasteiger partial charge in [0.25, 0.3) is 0 Å². The van der Waals surface area contributed by atoms with Gasteiger partial charge in [-0.15, -0.1) is 0 Å². The minimum atomic E-state index is 0.0390. The summed E-state index contributed by atoms with van der Waals surface area (Å²) in [4.78, 5) is 22.5. The number of amides is 1. The maximum absolute atomic E-state index is 11.8. The predicted molar refractivity (Wildman–Crippen MR) is 55.0 cm³/mol. The molecule has 3 saturated carbocycles. The molecule has 1 amide bonds. The van der Waals surface area contributed by atoms with E-state index in [2.05, 4.69) is 5.32 Å². The number of nitrogens with one attached hydrogen (secondary N) is 1. The molecule has 4 unspecified atom stereocenters. The zero-order valence-corrected chi connectivity index (χ0v) is 9.03. The van der Waals surface area contributed by atoms with Crippen LogP contribution in [-0.2, 0) is 9.59 Å². The van der Waals surface area contributed by atoms with E-state index in [9.17, 15) is 9.59 Å². The lowest BCUT2D eigenvalue weighted by Crippen LogP contribution is -2.31. The Bertz CT molecular complexity index is 310. The second-order valence-corrected chi connectivity index (χ2v) is 5.43. The first kappa shape index (κ1) is 9.37. The Morgan fingerprint density at radius 3 is 2.33 bits per heavy atom. The van der Waals surface area contributed by atoms with Crippen LogP contribution in [0, 0.1) is 29.6 Å². The molecule has 0 radical (unpaired) electrons. The lowest BCUT2D eigenvalue weighted by atomic mass is 10.0. The van der Waals surface area contributed by atoms with Crippen LogP contribution >= 0.6 is 0 Å². The summed E-state index contributed by atoms with van der Waals surface area (Å²) in [5.74, 6) is 3.44. The minimum Gasteiger partial charge on any atom is -0.349 e. The Kier molecular flexibility index (Phi) is 1.91. The van der Waals surface area contributed by atoms with Gasteiger partial charge in [-0.25, -0.2) is 0 Å². The summed E-state index contributed by atoms with van der Waals surface area (Å²) in [7, 11) is 0. The van der Waals surface area contributed by atoms with Crippen LogP contribution in [0.3, 0.4) is 0 Å². The molecule has 0 aromatic heterocycles. The Morgan fingerprint density at radius 2 is 1.80 bits per heavy atom. The summed E-state index contributed by atoms with van der Waals surface area (Å²) in [5, 5.41) is 2.75. The van der Waals surface area contributed by atoms with Crippen molar-refractivity contribution < 1.29 is 9.59 Å². The van der Waals surface area contributed by atoms with Gasteiger partial charge >= 0.3 is 0 Å². The molecule has 3 aliphatic rings. The molecule has 3 aliphatic carbocycles. The molecule has 1 N–H and O–H groups in total. The van der Waals surface area contributed by atoms with Crippen molar-refractivity contribution in [2.75, 3.05) is 6.54 Å². The van der Waals surface area contributed by atoms with Crippen LogP contribution in [0.1, 0.15) is 26.2 Å². The van der Waals surface area contributed by atoms with Gasteiger partial charge in [0.05, 0.1) is 6.54 Å². The number of carbonyl (C=O) groups excluding carboxylic acids is 2. The quantitative estimate of drug-likeness (QED) is 0.750. The van der Waals surface area contributed by atoms with Gasteiger partial charge in [-0.2, -0.15) is 0 Å². The fourth-order valence-corrected chi connectivity index (χ4v) is 4.01. The summed E-state index contributed by atoms with van der Waals surface area (Å²) in [6.07, 6.45) is 4.04. The van der Waals surface area contributed by atoms with Gasteiger partial charge in [0.1, 0.15) is 5.78 Å². The number of Topliss-reactive ketones (excluding diaryl/α,β-unsaturated/α-hetero) is 1. The fraction of sp³-hybridized carbons (Fsp3) is 0.833. The molecule has 0 heterocycles. The molecule has 0 saturated heterocycles. The molecule has 0 spiro atoms.